The molecule has 32 heavy (non-hydrogen) atoms. The van der Waals surface area contributed by atoms with Gasteiger partial charge in [-0.05, 0) is 55.1 Å². The summed E-state index contributed by atoms with van der Waals surface area (Å²) in [6.07, 6.45) is 4.00. The number of methoxy groups -OCH3 is 2. The third-order valence-electron chi connectivity index (χ3n) is 4.70. The van der Waals surface area contributed by atoms with Gasteiger partial charge in [-0.3, -0.25) is 9.69 Å². The molecular weight excluding hydrogens is 428 g/mol. The summed E-state index contributed by atoms with van der Waals surface area (Å²) in [5.74, 6) is 0.606. The van der Waals surface area contributed by atoms with Gasteiger partial charge < -0.3 is 14.8 Å². The van der Waals surface area contributed by atoms with Crippen LogP contribution >= 0.6 is 11.6 Å². The highest BCUT2D eigenvalue weighted by atomic mass is 35.5. The van der Waals surface area contributed by atoms with Gasteiger partial charge in [0, 0.05) is 18.2 Å². The summed E-state index contributed by atoms with van der Waals surface area (Å²) in [6, 6.07) is 15.1. The van der Waals surface area contributed by atoms with Gasteiger partial charge in [0.25, 0.3) is 0 Å². The van der Waals surface area contributed by atoms with Crippen LogP contribution < -0.4 is 15.0 Å². The van der Waals surface area contributed by atoms with Gasteiger partial charge in [-0.2, -0.15) is 0 Å². The van der Waals surface area contributed by atoms with Crippen LogP contribution in [0.2, 0.25) is 0 Å². The Balaban J connectivity index is 2.52. The highest BCUT2D eigenvalue weighted by Crippen LogP contribution is 2.34. The smallest absolute Gasteiger partial charge is 0.406 e. The standard InChI is InChI=1S/C25H29ClN2O4/c1-18(2)10-11-20(14-15-27-25(30)32-4)22-13-12-21(31-3)16-23(22)28(24(26)29)17-19-8-6-5-7-9-19/h5-13,16H,14-15,17H2,1-4H3,(H,27,30)/b20-11-. The Hall–Kier alpha value is -3.25. The molecule has 0 aliphatic rings. The molecule has 6 nitrogen and oxygen atoms in total. The first-order valence-electron chi connectivity index (χ1n) is 10.2. The van der Waals surface area contributed by atoms with Crippen LogP contribution in [0.25, 0.3) is 5.57 Å². The van der Waals surface area contributed by atoms with Gasteiger partial charge in [-0.15, -0.1) is 0 Å². The van der Waals surface area contributed by atoms with Gasteiger partial charge in [-0.1, -0.05) is 48.1 Å². The Morgan fingerprint density at radius 1 is 1.06 bits per heavy atom. The number of alkyl carbamates (subject to hydrolysis) is 1. The number of amides is 2. The Kier molecular flexibility index (Phi) is 9.82. The van der Waals surface area contributed by atoms with Crippen molar-refractivity contribution in [3.05, 3.63) is 77.4 Å². The lowest BCUT2D eigenvalue weighted by Gasteiger charge is -2.25. The van der Waals surface area contributed by atoms with Crippen LogP contribution in [0, 0.1) is 0 Å². The van der Waals surface area contributed by atoms with E-state index in [0.29, 0.717) is 30.9 Å². The molecule has 0 saturated carbocycles. The molecule has 0 spiro atoms. The van der Waals surface area contributed by atoms with Crippen molar-refractivity contribution in [2.75, 3.05) is 25.7 Å². The summed E-state index contributed by atoms with van der Waals surface area (Å²) in [7, 11) is 2.90. The minimum atomic E-state index is -0.599. The molecule has 2 aromatic carbocycles. The van der Waals surface area contributed by atoms with Crippen LogP contribution in [0.1, 0.15) is 31.4 Å². The Bertz CT molecular complexity index is 983. The fourth-order valence-corrected chi connectivity index (χ4v) is 3.24. The van der Waals surface area contributed by atoms with Crippen molar-refractivity contribution in [1.82, 2.24) is 5.32 Å². The second-order valence-electron chi connectivity index (χ2n) is 7.31. The molecule has 7 heteroatoms. The van der Waals surface area contributed by atoms with Gasteiger partial charge >= 0.3 is 11.5 Å². The van der Waals surface area contributed by atoms with Gasteiger partial charge in [-0.25, -0.2) is 4.79 Å². The van der Waals surface area contributed by atoms with E-state index in [4.69, 9.17) is 16.3 Å². The molecule has 2 amide bonds. The molecule has 0 saturated heterocycles. The third kappa shape index (κ3) is 7.46. The van der Waals surface area contributed by atoms with E-state index < -0.39 is 11.5 Å². The minimum Gasteiger partial charge on any atom is -0.497 e. The first-order valence-corrected chi connectivity index (χ1v) is 10.6. The molecule has 0 aliphatic heterocycles. The molecule has 0 atom stereocenters. The zero-order valence-corrected chi connectivity index (χ0v) is 19.6. The molecule has 0 heterocycles. The molecule has 1 N–H and O–H groups in total. The molecule has 0 aromatic heterocycles. The summed E-state index contributed by atoms with van der Waals surface area (Å²) in [5, 5.41) is 2.10. The second-order valence-corrected chi connectivity index (χ2v) is 7.64. The number of benzene rings is 2. The Morgan fingerprint density at radius 2 is 1.78 bits per heavy atom. The van der Waals surface area contributed by atoms with E-state index in [1.54, 1.807) is 13.2 Å². The second kappa shape index (κ2) is 12.6. The van der Waals surface area contributed by atoms with Crippen molar-refractivity contribution in [2.45, 2.75) is 26.8 Å². The number of hydrogen-bond acceptors (Lipinski definition) is 4. The van der Waals surface area contributed by atoms with Crippen molar-refractivity contribution in [2.24, 2.45) is 0 Å². The van der Waals surface area contributed by atoms with E-state index in [-0.39, 0.29) is 0 Å². The normalized spacial score (nSPS) is 10.8. The molecule has 2 rings (SSSR count). The monoisotopic (exact) mass is 456 g/mol. The van der Waals surface area contributed by atoms with Crippen LogP contribution in [0.5, 0.6) is 5.75 Å². The summed E-state index contributed by atoms with van der Waals surface area (Å²) in [4.78, 5) is 25.5. The Labute approximate surface area is 194 Å². The van der Waals surface area contributed by atoms with Crippen LogP contribution in [0.3, 0.4) is 0 Å². The molecule has 170 valence electrons. The van der Waals surface area contributed by atoms with Crippen molar-refractivity contribution >= 4 is 34.3 Å². The van der Waals surface area contributed by atoms with E-state index in [0.717, 1.165) is 22.3 Å². The number of rotatable bonds is 9. The lowest BCUT2D eigenvalue weighted by atomic mass is 9.98. The molecule has 0 bridgehead atoms. The number of carbonyl (C=O) groups excluding carboxylic acids is 2. The molecular formula is C25H29ClN2O4. The summed E-state index contributed by atoms with van der Waals surface area (Å²) < 4.78 is 10.1. The van der Waals surface area contributed by atoms with E-state index in [9.17, 15) is 9.59 Å². The fourth-order valence-electron chi connectivity index (χ4n) is 3.09. The fraction of sp³-hybridized carbons (Fsp3) is 0.280. The largest absolute Gasteiger partial charge is 0.497 e. The number of nitrogens with zero attached hydrogens (tertiary/aromatic N) is 1. The first kappa shape index (κ1) is 25.0. The molecule has 0 aliphatic carbocycles. The van der Waals surface area contributed by atoms with Crippen LogP contribution in [-0.4, -0.2) is 32.2 Å². The maximum absolute atomic E-state index is 12.5. The number of nitrogens with one attached hydrogen (secondary N) is 1. The van der Waals surface area contributed by atoms with Crippen molar-refractivity contribution in [1.29, 1.82) is 0 Å². The Morgan fingerprint density at radius 3 is 2.38 bits per heavy atom. The maximum Gasteiger partial charge on any atom is 0.406 e. The average Bonchev–Trinajstić information content (AvgIpc) is 2.79. The zero-order valence-electron chi connectivity index (χ0n) is 18.9. The highest BCUT2D eigenvalue weighted by molar-refractivity contribution is 6.66. The number of halogens is 1. The molecule has 0 fully saturated rings. The molecule has 2 aromatic rings. The maximum atomic E-state index is 12.5. The number of hydrogen-bond donors (Lipinski definition) is 1. The summed E-state index contributed by atoms with van der Waals surface area (Å²) in [6.45, 7) is 4.67. The van der Waals surface area contributed by atoms with Gasteiger partial charge in [0.05, 0.1) is 26.5 Å². The summed E-state index contributed by atoms with van der Waals surface area (Å²) in [5.41, 5.74) is 4.43. The highest BCUT2D eigenvalue weighted by Gasteiger charge is 2.20. The third-order valence-corrected chi connectivity index (χ3v) is 4.91. The number of carbonyl (C=O) groups is 2. The van der Waals surface area contributed by atoms with Crippen LogP contribution in [0.4, 0.5) is 15.3 Å². The average molecular weight is 457 g/mol. The predicted molar refractivity (Wildman–Crippen MR) is 129 cm³/mol. The van der Waals surface area contributed by atoms with Gasteiger partial charge in [0.1, 0.15) is 5.75 Å². The van der Waals surface area contributed by atoms with Crippen LogP contribution in [0.15, 0.2) is 66.3 Å². The SMILES string of the molecule is COC(=O)NCC/C(=C/C=C(C)C)c1ccc(OC)cc1N(Cc1ccccc1)C(=O)Cl. The summed E-state index contributed by atoms with van der Waals surface area (Å²) >= 11 is 6.03. The van der Waals surface area contributed by atoms with E-state index in [1.807, 2.05) is 68.5 Å². The van der Waals surface area contributed by atoms with Crippen molar-refractivity contribution in [3.8, 4) is 5.75 Å². The lowest BCUT2D eigenvalue weighted by molar-refractivity contribution is 0.171. The van der Waals surface area contributed by atoms with E-state index >= 15 is 0 Å². The van der Waals surface area contributed by atoms with Crippen LogP contribution in [-0.2, 0) is 11.3 Å². The predicted octanol–water partition coefficient (Wildman–Crippen LogP) is 6.16. The topological polar surface area (TPSA) is 67.9 Å². The number of anilines is 1. The molecule has 0 unspecified atom stereocenters. The van der Waals surface area contributed by atoms with Crippen molar-refractivity contribution < 1.29 is 19.1 Å². The zero-order chi connectivity index (χ0) is 23.5. The number of allylic oxidation sites excluding steroid dienone is 3. The quantitative estimate of drug-likeness (QED) is 0.279. The van der Waals surface area contributed by atoms with Gasteiger partial charge in [0.15, 0.2) is 0 Å². The molecule has 0 radical (unpaired) electrons. The van der Waals surface area contributed by atoms with E-state index in [1.165, 1.54) is 12.0 Å². The van der Waals surface area contributed by atoms with E-state index in [2.05, 4.69) is 10.1 Å². The van der Waals surface area contributed by atoms with Gasteiger partial charge in [0.2, 0.25) is 0 Å². The number of ether oxygens (including phenoxy) is 2. The lowest BCUT2D eigenvalue weighted by Crippen LogP contribution is -2.27. The minimum absolute atomic E-state index is 0.305. The van der Waals surface area contributed by atoms with Crippen molar-refractivity contribution in [3.63, 3.8) is 0 Å². The first-order chi connectivity index (χ1) is 15.3.